The quantitative estimate of drug-likeness (QED) is 0.520. The second-order valence-electron chi connectivity index (χ2n) is 5.47. The fourth-order valence-corrected chi connectivity index (χ4v) is 2.73. The average Bonchev–Trinajstić information content (AvgIpc) is 2.61. The molecule has 2 aromatic carbocycles. The maximum atomic E-state index is 12.3. The minimum Gasteiger partial charge on any atom is -0.330 e. The summed E-state index contributed by atoms with van der Waals surface area (Å²) in [5.41, 5.74) is 1.94. The Morgan fingerprint density at radius 3 is 2.46 bits per heavy atom. The van der Waals surface area contributed by atoms with E-state index in [1.807, 2.05) is 24.3 Å². The highest BCUT2D eigenvalue weighted by Crippen LogP contribution is 2.24. The Balaban J connectivity index is 1.73. The van der Waals surface area contributed by atoms with E-state index in [2.05, 4.69) is 5.32 Å². The van der Waals surface area contributed by atoms with Crippen LogP contribution in [0.3, 0.4) is 0 Å². The molecule has 0 spiro atoms. The van der Waals surface area contributed by atoms with E-state index < -0.39 is 16.7 Å². The Labute approximate surface area is 138 Å². The Morgan fingerprint density at radius 1 is 1.04 bits per heavy atom. The lowest BCUT2D eigenvalue weighted by atomic mass is 10.00. The van der Waals surface area contributed by atoms with Crippen LogP contribution in [-0.2, 0) is 22.6 Å². The lowest BCUT2D eigenvalue weighted by molar-refractivity contribution is -0.383. The van der Waals surface area contributed by atoms with E-state index in [1.54, 1.807) is 6.07 Å². The normalized spacial score (nSPS) is 13.1. The molecule has 0 unspecified atom stereocenters. The topological polar surface area (TPSA) is 92.5 Å². The number of nitrogens with zero attached hydrogens (tertiary/aromatic N) is 2. The SMILES string of the molecule is O=C(Nc1ccccc1[N+](=O)[O-])C(=O)N1CCc2ccccc2C1. The molecule has 2 amide bonds. The molecule has 1 aliphatic rings. The summed E-state index contributed by atoms with van der Waals surface area (Å²) in [4.78, 5) is 36.3. The van der Waals surface area contributed by atoms with Crippen molar-refractivity contribution in [2.45, 2.75) is 13.0 Å². The van der Waals surface area contributed by atoms with Gasteiger partial charge in [0.25, 0.3) is 5.69 Å². The molecular formula is C17H15N3O4. The Morgan fingerprint density at radius 2 is 1.71 bits per heavy atom. The van der Waals surface area contributed by atoms with E-state index in [9.17, 15) is 19.7 Å². The van der Waals surface area contributed by atoms with Gasteiger partial charge in [-0.05, 0) is 23.6 Å². The number of hydrogen-bond acceptors (Lipinski definition) is 4. The van der Waals surface area contributed by atoms with Crippen LogP contribution in [0.5, 0.6) is 0 Å². The lowest BCUT2D eigenvalue weighted by Gasteiger charge is -2.28. The third kappa shape index (κ3) is 3.10. The second-order valence-corrected chi connectivity index (χ2v) is 5.47. The number of fused-ring (bicyclic) bond motifs is 1. The van der Waals surface area contributed by atoms with Crippen molar-refractivity contribution in [3.63, 3.8) is 0 Å². The molecule has 1 N–H and O–H groups in total. The molecule has 24 heavy (non-hydrogen) atoms. The zero-order chi connectivity index (χ0) is 17.1. The van der Waals surface area contributed by atoms with Crippen LogP contribution in [0.4, 0.5) is 11.4 Å². The van der Waals surface area contributed by atoms with Gasteiger partial charge in [-0.25, -0.2) is 0 Å². The molecule has 7 heteroatoms. The van der Waals surface area contributed by atoms with Crippen molar-refractivity contribution in [3.8, 4) is 0 Å². The van der Waals surface area contributed by atoms with Crippen molar-refractivity contribution in [2.24, 2.45) is 0 Å². The van der Waals surface area contributed by atoms with Crippen LogP contribution in [0.25, 0.3) is 0 Å². The molecular weight excluding hydrogens is 310 g/mol. The Hall–Kier alpha value is -3.22. The number of rotatable bonds is 2. The van der Waals surface area contributed by atoms with E-state index in [1.165, 1.54) is 28.7 Å². The van der Waals surface area contributed by atoms with Gasteiger partial charge < -0.3 is 10.2 Å². The van der Waals surface area contributed by atoms with Gasteiger partial charge in [0.05, 0.1) is 4.92 Å². The van der Waals surface area contributed by atoms with Crippen LogP contribution in [0.2, 0.25) is 0 Å². The van der Waals surface area contributed by atoms with Gasteiger partial charge in [0, 0.05) is 19.2 Å². The molecule has 3 rings (SSSR count). The maximum absolute atomic E-state index is 12.3. The van der Waals surface area contributed by atoms with Gasteiger partial charge in [0.1, 0.15) is 5.69 Å². The number of carbonyl (C=O) groups is 2. The summed E-state index contributed by atoms with van der Waals surface area (Å²) in [7, 11) is 0. The average molecular weight is 325 g/mol. The predicted molar refractivity (Wildman–Crippen MR) is 87.3 cm³/mol. The van der Waals surface area contributed by atoms with Crippen LogP contribution >= 0.6 is 0 Å². The number of benzene rings is 2. The molecule has 122 valence electrons. The fourth-order valence-electron chi connectivity index (χ4n) is 2.73. The summed E-state index contributed by atoms with van der Waals surface area (Å²) >= 11 is 0. The van der Waals surface area contributed by atoms with Crippen molar-refractivity contribution in [1.82, 2.24) is 4.90 Å². The number of nitrogens with one attached hydrogen (secondary N) is 1. The van der Waals surface area contributed by atoms with Gasteiger partial charge in [-0.2, -0.15) is 0 Å². The van der Waals surface area contributed by atoms with Gasteiger partial charge >= 0.3 is 11.8 Å². The van der Waals surface area contributed by atoms with Crippen molar-refractivity contribution in [3.05, 3.63) is 69.8 Å². The summed E-state index contributed by atoms with van der Waals surface area (Å²) in [5.74, 6) is -1.56. The first-order chi connectivity index (χ1) is 11.6. The zero-order valence-corrected chi connectivity index (χ0v) is 12.8. The molecule has 0 saturated heterocycles. The molecule has 1 heterocycles. The molecule has 0 fully saturated rings. The van der Waals surface area contributed by atoms with E-state index in [0.717, 1.165) is 5.56 Å². The van der Waals surface area contributed by atoms with Crippen LogP contribution in [-0.4, -0.2) is 28.2 Å². The highest BCUT2D eigenvalue weighted by Gasteiger charge is 2.27. The number of carbonyl (C=O) groups excluding carboxylic acids is 2. The molecule has 2 aromatic rings. The molecule has 0 aromatic heterocycles. The Kier molecular flexibility index (Phi) is 4.24. The van der Waals surface area contributed by atoms with E-state index in [0.29, 0.717) is 19.5 Å². The number of nitro benzene ring substituents is 1. The largest absolute Gasteiger partial charge is 0.330 e. The molecule has 0 atom stereocenters. The smallest absolute Gasteiger partial charge is 0.314 e. The number of para-hydroxylation sites is 2. The minimum absolute atomic E-state index is 0.0123. The van der Waals surface area contributed by atoms with Crippen molar-refractivity contribution < 1.29 is 14.5 Å². The molecule has 0 aliphatic carbocycles. The van der Waals surface area contributed by atoms with Crippen LogP contribution in [0.15, 0.2) is 48.5 Å². The summed E-state index contributed by atoms with van der Waals surface area (Å²) in [6, 6.07) is 13.5. The molecule has 0 saturated carbocycles. The zero-order valence-electron chi connectivity index (χ0n) is 12.8. The second kappa shape index (κ2) is 6.49. The Bertz CT molecular complexity index is 819. The van der Waals surface area contributed by atoms with E-state index in [4.69, 9.17) is 0 Å². The molecule has 1 aliphatic heterocycles. The van der Waals surface area contributed by atoms with Gasteiger partial charge in [-0.15, -0.1) is 0 Å². The van der Waals surface area contributed by atoms with Gasteiger partial charge in [-0.1, -0.05) is 36.4 Å². The third-order valence-corrected chi connectivity index (χ3v) is 3.96. The summed E-state index contributed by atoms with van der Waals surface area (Å²) < 4.78 is 0. The molecule has 0 radical (unpaired) electrons. The number of hydrogen-bond donors (Lipinski definition) is 1. The third-order valence-electron chi connectivity index (χ3n) is 3.96. The highest BCUT2D eigenvalue weighted by molar-refractivity contribution is 6.39. The van der Waals surface area contributed by atoms with Gasteiger partial charge in [-0.3, -0.25) is 19.7 Å². The summed E-state index contributed by atoms with van der Waals surface area (Å²) in [6.07, 6.45) is 0.681. The van der Waals surface area contributed by atoms with E-state index in [-0.39, 0.29) is 11.4 Å². The van der Waals surface area contributed by atoms with Crippen LogP contribution in [0.1, 0.15) is 11.1 Å². The first kappa shape index (κ1) is 15.7. The molecule has 0 bridgehead atoms. The predicted octanol–water partition coefficient (Wildman–Crippen LogP) is 2.12. The van der Waals surface area contributed by atoms with Crippen LogP contribution < -0.4 is 5.32 Å². The number of nitro groups is 1. The summed E-state index contributed by atoms with van der Waals surface area (Å²) in [6.45, 7) is 0.805. The van der Waals surface area contributed by atoms with Gasteiger partial charge in [0.2, 0.25) is 0 Å². The summed E-state index contributed by atoms with van der Waals surface area (Å²) in [5, 5.41) is 13.3. The first-order valence-electron chi connectivity index (χ1n) is 7.46. The standard InChI is InChI=1S/C17H15N3O4/c21-16(18-14-7-3-4-8-15(14)20(23)24)17(22)19-10-9-12-5-1-2-6-13(12)11-19/h1-8H,9-11H2,(H,18,21). The number of amides is 2. The van der Waals surface area contributed by atoms with Gasteiger partial charge in [0.15, 0.2) is 0 Å². The van der Waals surface area contributed by atoms with Crippen molar-refractivity contribution in [1.29, 1.82) is 0 Å². The van der Waals surface area contributed by atoms with E-state index >= 15 is 0 Å². The van der Waals surface area contributed by atoms with Crippen molar-refractivity contribution >= 4 is 23.2 Å². The first-order valence-corrected chi connectivity index (χ1v) is 7.46. The lowest BCUT2D eigenvalue weighted by Crippen LogP contribution is -2.42. The fraction of sp³-hybridized carbons (Fsp3) is 0.176. The van der Waals surface area contributed by atoms with Crippen molar-refractivity contribution in [2.75, 3.05) is 11.9 Å². The molecule has 7 nitrogen and oxygen atoms in total. The maximum Gasteiger partial charge on any atom is 0.314 e. The van der Waals surface area contributed by atoms with Crippen LogP contribution in [0, 0.1) is 10.1 Å². The minimum atomic E-state index is -0.872. The monoisotopic (exact) mass is 325 g/mol. The number of anilines is 1. The highest BCUT2D eigenvalue weighted by atomic mass is 16.6.